The molecule has 3 fully saturated rings. The summed E-state index contributed by atoms with van der Waals surface area (Å²) in [6.45, 7) is 5.04. The molecule has 4 nitrogen and oxygen atoms in total. The molecule has 0 N–H and O–H groups in total. The van der Waals surface area contributed by atoms with E-state index >= 15 is 0 Å². The average molecular weight is 320 g/mol. The highest BCUT2D eigenvalue weighted by Crippen LogP contribution is 2.38. The minimum absolute atomic E-state index is 0.0404. The van der Waals surface area contributed by atoms with E-state index in [4.69, 9.17) is 4.74 Å². The van der Waals surface area contributed by atoms with Crippen LogP contribution in [0.25, 0.3) is 0 Å². The molecule has 0 bridgehead atoms. The number of ether oxygens (including phenoxy) is 1. The number of nitrogens with zero attached hydrogens (tertiary/aromatic N) is 2. The molecule has 1 aromatic rings. The second kappa shape index (κ2) is 5.95. The molecule has 3 aliphatic rings. The normalized spacial score (nSPS) is 28.5. The van der Waals surface area contributed by atoms with Gasteiger partial charge in [-0.2, -0.15) is 11.3 Å². The van der Waals surface area contributed by atoms with Gasteiger partial charge in [-0.3, -0.25) is 9.69 Å². The molecule has 120 valence electrons. The van der Waals surface area contributed by atoms with Crippen molar-refractivity contribution in [3.8, 4) is 0 Å². The van der Waals surface area contributed by atoms with Gasteiger partial charge in [-0.1, -0.05) is 0 Å². The molecule has 0 aliphatic carbocycles. The molecule has 3 saturated heterocycles. The van der Waals surface area contributed by atoms with E-state index in [2.05, 4.69) is 4.90 Å². The van der Waals surface area contributed by atoms with Crippen molar-refractivity contribution in [2.75, 3.05) is 32.8 Å². The number of likely N-dealkylation sites (tertiary alicyclic amines) is 2. The Morgan fingerprint density at radius 3 is 2.68 bits per heavy atom. The Bertz CT molecular complexity index is 517. The highest BCUT2D eigenvalue weighted by molar-refractivity contribution is 7.08. The minimum Gasteiger partial charge on any atom is -0.373 e. The second-order valence-electron chi connectivity index (χ2n) is 6.90. The topological polar surface area (TPSA) is 32.8 Å². The molecule has 22 heavy (non-hydrogen) atoms. The Balaban J connectivity index is 1.35. The molecule has 0 radical (unpaired) electrons. The maximum absolute atomic E-state index is 12.4. The number of hydrogen-bond donors (Lipinski definition) is 0. The van der Waals surface area contributed by atoms with Crippen molar-refractivity contribution in [1.82, 2.24) is 9.80 Å². The lowest BCUT2D eigenvalue weighted by atomic mass is 9.87. The molecule has 1 atom stereocenters. The van der Waals surface area contributed by atoms with E-state index in [1.807, 2.05) is 21.7 Å². The van der Waals surface area contributed by atoms with Crippen LogP contribution in [0.3, 0.4) is 0 Å². The van der Waals surface area contributed by atoms with Crippen LogP contribution in [0.15, 0.2) is 16.8 Å². The fraction of sp³-hybridized carbons (Fsp3) is 0.706. The van der Waals surface area contributed by atoms with Crippen molar-refractivity contribution < 1.29 is 9.53 Å². The Kier molecular flexibility index (Phi) is 3.96. The SMILES string of the molecule is O=C(c1ccsc1)N1CCC2(CC1)CC(N1CCCC1)CO2. The van der Waals surface area contributed by atoms with Gasteiger partial charge in [-0.15, -0.1) is 0 Å². The maximum atomic E-state index is 12.4. The molecular formula is C17H24N2O2S. The van der Waals surface area contributed by atoms with Gasteiger partial charge in [0.1, 0.15) is 0 Å². The van der Waals surface area contributed by atoms with E-state index in [-0.39, 0.29) is 11.5 Å². The van der Waals surface area contributed by atoms with Crippen molar-refractivity contribution in [2.24, 2.45) is 0 Å². The summed E-state index contributed by atoms with van der Waals surface area (Å²) < 4.78 is 6.25. The van der Waals surface area contributed by atoms with Crippen molar-refractivity contribution in [3.05, 3.63) is 22.4 Å². The van der Waals surface area contributed by atoms with Crippen LogP contribution in [-0.4, -0.2) is 60.1 Å². The summed E-state index contributed by atoms with van der Waals surface area (Å²) in [5.41, 5.74) is 0.877. The third-order valence-corrected chi connectivity index (χ3v) is 6.26. The molecule has 1 amide bonds. The van der Waals surface area contributed by atoms with Crippen molar-refractivity contribution in [3.63, 3.8) is 0 Å². The Labute approximate surface area is 136 Å². The molecule has 4 rings (SSSR count). The Hall–Kier alpha value is -0.910. The monoisotopic (exact) mass is 320 g/mol. The first-order valence-electron chi connectivity index (χ1n) is 8.45. The first kappa shape index (κ1) is 14.7. The molecular weight excluding hydrogens is 296 g/mol. The van der Waals surface area contributed by atoms with Crippen molar-refractivity contribution >= 4 is 17.2 Å². The summed E-state index contributed by atoms with van der Waals surface area (Å²) in [4.78, 5) is 17.0. The first-order valence-corrected chi connectivity index (χ1v) is 9.40. The quantitative estimate of drug-likeness (QED) is 0.840. The van der Waals surface area contributed by atoms with Crippen LogP contribution in [-0.2, 0) is 4.74 Å². The molecule has 1 aromatic heterocycles. The van der Waals surface area contributed by atoms with Gasteiger partial charge in [0.05, 0.1) is 17.8 Å². The third kappa shape index (κ3) is 2.70. The summed E-state index contributed by atoms with van der Waals surface area (Å²) in [5, 5.41) is 3.92. The zero-order valence-electron chi connectivity index (χ0n) is 13.0. The van der Waals surface area contributed by atoms with Gasteiger partial charge >= 0.3 is 0 Å². The van der Waals surface area contributed by atoms with Gasteiger partial charge < -0.3 is 9.64 Å². The highest BCUT2D eigenvalue weighted by Gasteiger charge is 2.45. The highest BCUT2D eigenvalue weighted by atomic mass is 32.1. The van der Waals surface area contributed by atoms with Gasteiger partial charge in [0.15, 0.2) is 0 Å². The Morgan fingerprint density at radius 1 is 1.23 bits per heavy atom. The lowest BCUT2D eigenvalue weighted by Crippen LogP contribution is -2.47. The number of hydrogen-bond acceptors (Lipinski definition) is 4. The number of thiophene rings is 1. The maximum Gasteiger partial charge on any atom is 0.254 e. The fourth-order valence-corrected chi connectivity index (χ4v) is 4.83. The van der Waals surface area contributed by atoms with E-state index in [9.17, 15) is 4.79 Å². The molecule has 3 aliphatic heterocycles. The first-order chi connectivity index (χ1) is 10.8. The average Bonchev–Trinajstić information content (AvgIpc) is 3.29. The molecule has 5 heteroatoms. The fourth-order valence-electron chi connectivity index (χ4n) is 4.20. The zero-order valence-corrected chi connectivity index (χ0v) is 13.8. The van der Waals surface area contributed by atoms with E-state index in [1.54, 1.807) is 11.3 Å². The smallest absolute Gasteiger partial charge is 0.254 e. The number of carbonyl (C=O) groups is 1. The van der Waals surface area contributed by atoms with Gasteiger partial charge in [-0.25, -0.2) is 0 Å². The number of amides is 1. The molecule has 1 unspecified atom stereocenters. The van der Waals surface area contributed by atoms with E-state index in [1.165, 1.54) is 25.9 Å². The van der Waals surface area contributed by atoms with Crippen LogP contribution in [0.1, 0.15) is 42.5 Å². The summed E-state index contributed by atoms with van der Waals surface area (Å²) in [6.07, 6.45) is 5.83. The van der Waals surface area contributed by atoms with Crippen molar-refractivity contribution in [2.45, 2.75) is 43.7 Å². The van der Waals surface area contributed by atoms with Gasteiger partial charge in [0.25, 0.3) is 5.91 Å². The molecule has 4 heterocycles. The van der Waals surface area contributed by atoms with Crippen LogP contribution >= 0.6 is 11.3 Å². The van der Waals surface area contributed by atoms with Crippen LogP contribution in [0.4, 0.5) is 0 Å². The van der Waals surface area contributed by atoms with Gasteiger partial charge in [-0.05, 0) is 56.6 Å². The standard InChI is InChI=1S/C17H24N2O2S/c20-16(14-3-10-22-13-14)19-8-4-17(5-9-19)11-15(12-21-17)18-6-1-2-7-18/h3,10,13,15H,1-2,4-9,11-12H2. The van der Waals surface area contributed by atoms with E-state index in [0.29, 0.717) is 6.04 Å². The van der Waals surface area contributed by atoms with E-state index in [0.717, 1.165) is 44.5 Å². The van der Waals surface area contributed by atoms with Gasteiger partial charge in [0.2, 0.25) is 0 Å². The number of rotatable bonds is 2. The summed E-state index contributed by atoms with van der Waals surface area (Å²) in [6, 6.07) is 2.54. The molecule has 0 saturated carbocycles. The molecule has 0 aromatic carbocycles. The molecule has 1 spiro atoms. The van der Waals surface area contributed by atoms with Crippen molar-refractivity contribution in [1.29, 1.82) is 0 Å². The zero-order chi connectivity index (χ0) is 15.0. The van der Waals surface area contributed by atoms with Crippen LogP contribution < -0.4 is 0 Å². The van der Waals surface area contributed by atoms with Crippen LogP contribution in [0.5, 0.6) is 0 Å². The summed E-state index contributed by atoms with van der Waals surface area (Å²) >= 11 is 1.59. The minimum atomic E-state index is 0.0404. The van der Waals surface area contributed by atoms with E-state index < -0.39 is 0 Å². The third-order valence-electron chi connectivity index (χ3n) is 5.58. The number of carbonyl (C=O) groups excluding carboxylic acids is 1. The van der Waals surface area contributed by atoms with Crippen LogP contribution in [0, 0.1) is 0 Å². The number of piperidine rings is 1. The van der Waals surface area contributed by atoms with Gasteiger partial charge in [0, 0.05) is 24.5 Å². The largest absolute Gasteiger partial charge is 0.373 e. The second-order valence-corrected chi connectivity index (χ2v) is 7.68. The predicted molar refractivity (Wildman–Crippen MR) is 87.4 cm³/mol. The lowest BCUT2D eigenvalue weighted by molar-refractivity contribution is -0.0393. The predicted octanol–water partition coefficient (Wildman–Crippen LogP) is 2.61. The summed E-state index contributed by atoms with van der Waals surface area (Å²) in [5.74, 6) is 0.185. The van der Waals surface area contributed by atoms with Crippen LogP contribution in [0.2, 0.25) is 0 Å². The lowest BCUT2D eigenvalue weighted by Gasteiger charge is -2.39. The summed E-state index contributed by atoms with van der Waals surface area (Å²) in [7, 11) is 0. The Morgan fingerprint density at radius 2 is 2.00 bits per heavy atom.